The highest BCUT2D eigenvalue weighted by Gasteiger charge is 2.27. The van der Waals surface area contributed by atoms with Crippen LogP contribution in [0.2, 0.25) is 0 Å². The molecule has 0 saturated carbocycles. The van der Waals surface area contributed by atoms with Gasteiger partial charge < -0.3 is 24.8 Å². The summed E-state index contributed by atoms with van der Waals surface area (Å²) in [5.41, 5.74) is 4.36. The van der Waals surface area contributed by atoms with Gasteiger partial charge in [0, 0.05) is 0 Å². The van der Waals surface area contributed by atoms with E-state index in [9.17, 15) is 24.4 Å². The predicted molar refractivity (Wildman–Crippen MR) is 130 cm³/mol. The Bertz CT molecular complexity index is 1020. The van der Waals surface area contributed by atoms with Crippen molar-refractivity contribution < 1.29 is 29.1 Å². The number of phenols is 1. The summed E-state index contributed by atoms with van der Waals surface area (Å²) in [5.74, 6) is -1.44. The first kappa shape index (κ1) is 26.6. The predicted octanol–water partition coefficient (Wildman–Crippen LogP) is 3.84. The van der Waals surface area contributed by atoms with Crippen LogP contribution in [0.1, 0.15) is 65.9 Å². The third kappa shape index (κ3) is 6.46. The van der Waals surface area contributed by atoms with Crippen LogP contribution in [-0.4, -0.2) is 34.7 Å². The standard InChI is InChI=1S/C25H34NO6P/c1-7-32-24(29)22(14(2)3)26-23(28)20-13-17(8-9-21(20)27)12-19-15(4)10-18(11-16(19)5)25(6,30)33-31/h8-11,13-14,22,27,30H,7,12,33H2,1-6H3,(H,26,28). The number of amides is 1. The molecule has 3 N–H and O–H groups in total. The van der Waals surface area contributed by atoms with Crippen LogP contribution >= 0.6 is 8.46 Å². The van der Waals surface area contributed by atoms with E-state index in [1.807, 2.05) is 26.0 Å². The van der Waals surface area contributed by atoms with Gasteiger partial charge in [-0.1, -0.05) is 32.0 Å². The van der Waals surface area contributed by atoms with Gasteiger partial charge in [-0.15, -0.1) is 0 Å². The zero-order valence-electron chi connectivity index (χ0n) is 20.1. The Labute approximate surface area is 196 Å². The van der Waals surface area contributed by atoms with Crippen LogP contribution in [-0.2, 0) is 25.9 Å². The van der Waals surface area contributed by atoms with Crippen LogP contribution in [0.4, 0.5) is 0 Å². The van der Waals surface area contributed by atoms with Crippen LogP contribution < -0.4 is 5.32 Å². The minimum Gasteiger partial charge on any atom is -0.507 e. The molecule has 3 atom stereocenters. The number of rotatable bonds is 9. The van der Waals surface area contributed by atoms with Crippen molar-refractivity contribution >= 4 is 20.3 Å². The number of hydrogen-bond donors (Lipinski definition) is 3. The van der Waals surface area contributed by atoms with Crippen LogP contribution in [0, 0.1) is 19.8 Å². The lowest BCUT2D eigenvalue weighted by Crippen LogP contribution is -2.45. The van der Waals surface area contributed by atoms with E-state index in [2.05, 4.69) is 5.32 Å². The lowest BCUT2D eigenvalue weighted by atomic mass is 9.92. The van der Waals surface area contributed by atoms with Crippen LogP contribution in [0.25, 0.3) is 0 Å². The molecule has 2 aromatic rings. The molecule has 0 bridgehead atoms. The minimum atomic E-state index is -1.39. The topological polar surface area (TPSA) is 113 Å². The molecular formula is C25H34NO6P. The number of aliphatic hydroxyl groups is 1. The van der Waals surface area contributed by atoms with Gasteiger partial charge in [-0.3, -0.25) is 4.79 Å². The van der Waals surface area contributed by atoms with Gasteiger partial charge in [0.05, 0.1) is 20.6 Å². The number of aryl methyl sites for hydroxylation is 2. The van der Waals surface area contributed by atoms with E-state index < -0.39 is 31.7 Å². The van der Waals surface area contributed by atoms with Gasteiger partial charge >= 0.3 is 5.97 Å². The number of carbonyl (C=O) groups is 2. The number of carbonyl (C=O) groups excluding carboxylic acids is 2. The summed E-state index contributed by atoms with van der Waals surface area (Å²) < 4.78 is 16.5. The van der Waals surface area contributed by atoms with Gasteiger partial charge in [0.1, 0.15) is 17.1 Å². The fraction of sp³-hybridized carbons (Fsp3) is 0.440. The second-order valence-corrected chi connectivity index (χ2v) is 10.2. The van der Waals surface area contributed by atoms with Crippen molar-refractivity contribution in [1.82, 2.24) is 5.32 Å². The van der Waals surface area contributed by atoms with Gasteiger partial charge in [-0.2, -0.15) is 0 Å². The number of esters is 1. The average molecular weight is 476 g/mol. The van der Waals surface area contributed by atoms with E-state index in [0.29, 0.717) is 12.0 Å². The maximum atomic E-state index is 12.9. The monoisotopic (exact) mass is 475 g/mol. The Hall–Kier alpha value is -2.63. The Balaban J connectivity index is 2.33. The highest BCUT2D eigenvalue weighted by Crippen LogP contribution is 2.34. The Morgan fingerprint density at radius 3 is 2.27 bits per heavy atom. The summed E-state index contributed by atoms with van der Waals surface area (Å²) in [6, 6.07) is 7.64. The number of nitrogens with one attached hydrogen (secondary N) is 1. The molecule has 2 rings (SSSR count). The van der Waals surface area contributed by atoms with Gasteiger partial charge in [-0.25, -0.2) is 4.79 Å². The van der Waals surface area contributed by atoms with Crippen molar-refractivity contribution in [3.8, 4) is 5.75 Å². The third-order valence-corrected chi connectivity index (χ3v) is 6.48. The summed E-state index contributed by atoms with van der Waals surface area (Å²) >= 11 is 0. The molecule has 0 spiro atoms. The van der Waals surface area contributed by atoms with E-state index >= 15 is 0 Å². The minimum absolute atomic E-state index is 0.0762. The molecule has 0 fully saturated rings. The van der Waals surface area contributed by atoms with Crippen LogP contribution in [0.5, 0.6) is 5.75 Å². The van der Waals surface area contributed by atoms with Crippen molar-refractivity contribution in [2.75, 3.05) is 6.61 Å². The quantitative estimate of drug-likeness (QED) is 0.375. The average Bonchev–Trinajstić information content (AvgIpc) is 2.75. The molecule has 0 saturated heterocycles. The van der Waals surface area contributed by atoms with Crippen molar-refractivity contribution in [1.29, 1.82) is 0 Å². The molecule has 1 amide bonds. The Morgan fingerprint density at radius 2 is 1.76 bits per heavy atom. The second-order valence-electron chi connectivity index (χ2n) is 8.83. The van der Waals surface area contributed by atoms with E-state index in [1.54, 1.807) is 32.9 Å². The number of ether oxygens (including phenoxy) is 1. The maximum absolute atomic E-state index is 12.9. The smallest absolute Gasteiger partial charge is 0.328 e. The molecule has 0 radical (unpaired) electrons. The first-order valence-corrected chi connectivity index (χ1v) is 12.0. The Morgan fingerprint density at radius 1 is 1.15 bits per heavy atom. The first-order chi connectivity index (χ1) is 15.4. The molecule has 0 aromatic heterocycles. The molecule has 7 nitrogen and oxygen atoms in total. The zero-order chi connectivity index (χ0) is 24.9. The second kappa shape index (κ2) is 11.0. The molecule has 33 heavy (non-hydrogen) atoms. The van der Waals surface area contributed by atoms with E-state index in [4.69, 9.17) is 4.74 Å². The molecule has 2 aromatic carbocycles. The molecule has 0 heterocycles. The largest absolute Gasteiger partial charge is 0.507 e. The van der Waals surface area contributed by atoms with E-state index in [-0.39, 0.29) is 23.8 Å². The SMILES string of the molecule is CCOC(=O)C(NC(=O)c1cc(Cc2c(C)cc(C(C)(O)[PH2]=O)cc2C)ccc1O)C(C)C. The summed E-state index contributed by atoms with van der Waals surface area (Å²) in [6.07, 6.45) is 0.496. The maximum Gasteiger partial charge on any atom is 0.328 e. The van der Waals surface area contributed by atoms with E-state index in [1.165, 1.54) is 13.0 Å². The summed E-state index contributed by atoms with van der Waals surface area (Å²) in [5, 5.41) is 22.0. The van der Waals surface area contributed by atoms with Crippen molar-refractivity contribution in [2.45, 2.75) is 59.3 Å². The lowest BCUT2D eigenvalue weighted by Gasteiger charge is -2.21. The number of hydrogen-bond acceptors (Lipinski definition) is 6. The molecule has 3 unspecified atom stereocenters. The summed E-state index contributed by atoms with van der Waals surface area (Å²) in [4.78, 5) is 25.1. The molecule has 180 valence electrons. The third-order valence-electron chi connectivity index (χ3n) is 5.69. The van der Waals surface area contributed by atoms with Gasteiger partial charge in [-0.05, 0) is 80.0 Å². The number of benzene rings is 2. The van der Waals surface area contributed by atoms with Gasteiger partial charge in [0.2, 0.25) is 0 Å². The molecular weight excluding hydrogens is 441 g/mol. The van der Waals surface area contributed by atoms with Crippen LogP contribution in [0.3, 0.4) is 0 Å². The normalized spacial score (nSPS) is 14.3. The summed E-state index contributed by atoms with van der Waals surface area (Å²) in [6.45, 7) is 10.9. The number of aromatic hydroxyl groups is 1. The van der Waals surface area contributed by atoms with Crippen LogP contribution in [0.15, 0.2) is 30.3 Å². The first-order valence-electron chi connectivity index (χ1n) is 11.0. The lowest BCUT2D eigenvalue weighted by molar-refractivity contribution is -0.146. The van der Waals surface area contributed by atoms with Crippen molar-refractivity contribution in [3.63, 3.8) is 0 Å². The van der Waals surface area contributed by atoms with E-state index in [0.717, 1.165) is 22.3 Å². The van der Waals surface area contributed by atoms with Gasteiger partial charge in [0.25, 0.3) is 5.91 Å². The molecule has 0 aliphatic rings. The zero-order valence-corrected chi connectivity index (χ0v) is 21.2. The van der Waals surface area contributed by atoms with Crippen molar-refractivity contribution in [3.05, 3.63) is 63.7 Å². The fourth-order valence-corrected chi connectivity index (χ4v) is 3.96. The molecule has 0 aliphatic heterocycles. The Kier molecular flexibility index (Phi) is 8.87. The fourth-order valence-electron chi connectivity index (χ4n) is 3.66. The molecule has 8 heteroatoms. The highest BCUT2D eigenvalue weighted by atomic mass is 31.1. The molecule has 0 aliphatic carbocycles. The number of phenolic OH excluding ortho intramolecular Hbond substituents is 1. The van der Waals surface area contributed by atoms with Crippen molar-refractivity contribution in [2.24, 2.45) is 5.92 Å². The highest BCUT2D eigenvalue weighted by molar-refractivity contribution is 7.25. The summed E-state index contributed by atoms with van der Waals surface area (Å²) in [7, 11) is -1.39. The van der Waals surface area contributed by atoms with Gasteiger partial charge in [0.15, 0.2) is 0 Å².